The van der Waals surface area contributed by atoms with Crippen LogP contribution in [0.3, 0.4) is 0 Å². The number of rotatable bonds is 7. The number of carbonyl (C=O) groups is 1. The summed E-state index contributed by atoms with van der Waals surface area (Å²) >= 11 is 0. The first-order valence-electron chi connectivity index (χ1n) is 7.39. The fraction of sp³-hybridized carbons (Fsp3) is 0.923. The second-order valence-electron chi connectivity index (χ2n) is 5.45. The van der Waals surface area contributed by atoms with Gasteiger partial charge in [0.15, 0.2) is 0 Å². The summed E-state index contributed by atoms with van der Waals surface area (Å²) in [7, 11) is -3.19. The highest BCUT2D eigenvalue weighted by Crippen LogP contribution is 2.32. The topological polar surface area (TPSA) is 75.7 Å². The summed E-state index contributed by atoms with van der Waals surface area (Å²) in [4.78, 5) is 14.2. The molecule has 1 N–H and O–H groups in total. The lowest BCUT2D eigenvalue weighted by Crippen LogP contribution is -2.47. The lowest BCUT2D eigenvalue weighted by atomic mass is 10.1. The molecule has 116 valence electrons. The summed E-state index contributed by atoms with van der Waals surface area (Å²) < 4.78 is 30.7. The van der Waals surface area contributed by atoms with Crippen molar-refractivity contribution in [3.63, 3.8) is 0 Å². The first kappa shape index (κ1) is 15.7. The van der Waals surface area contributed by atoms with Crippen molar-refractivity contribution in [1.82, 2.24) is 9.62 Å². The Labute approximate surface area is 120 Å². The normalized spacial score (nSPS) is 20.9. The monoisotopic (exact) mass is 304 g/mol. The zero-order chi connectivity index (χ0) is 14.6. The molecule has 0 spiro atoms. The first-order chi connectivity index (χ1) is 9.53. The Balaban J connectivity index is 1.90. The minimum Gasteiger partial charge on any atom is -0.381 e. The van der Waals surface area contributed by atoms with Crippen LogP contribution in [0.1, 0.15) is 32.6 Å². The van der Waals surface area contributed by atoms with Gasteiger partial charge >= 0.3 is 0 Å². The van der Waals surface area contributed by atoms with Gasteiger partial charge in [-0.3, -0.25) is 4.79 Å². The van der Waals surface area contributed by atoms with Gasteiger partial charge in [-0.1, -0.05) is 0 Å². The van der Waals surface area contributed by atoms with E-state index in [0.29, 0.717) is 26.3 Å². The van der Waals surface area contributed by atoms with Crippen LogP contribution in [-0.4, -0.2) is 57.3 Å². The van der Waals surface area contributed by atoms with Crippen LogP contribution in [0.4, 0.5) is 0 Å². The van der Waals surface area contributed by atoms with E-state index in [2.05, 4.69) is 4.72 Å². The molecule has 0 unspecified atom stereocenters. The second kappa shape index (κ2) is 6.87. The van der Waals surface area contributed by atoms with E-state index >= 15 is 0 Å². The highest BCUT2D eigenvalue weighted by molar-refractivity contribution is 7.89. The molecule has 6 nitrogen and oxygen atoms in total. The van der Waals surface area contributed by atoms with Crippen molar-refractivity contribution in [1.29, 1.82) is 0 Å². The molecule has 20 heavy (non-hydrogen) atoms. The van der Waals surface area contributed by atoms with E-state index in [1.807, 2.05) is 4.90 Å². The maximum absolute atomic E-state index is 12.3. The molecule has 7 heteroatoms. The number of ether oxygens (including phenoxy) is 1. The van der Waals surface area contributed by atoms with Gasteiger partial charge in [0.2, 0.25) is 15.9 Å². The lowest BCUT2D eigenvalue weighted by molar-refractivity contribution is -0.136. The molecule has 2 aliphatic rings. The van der Waals surface area contributed by atoms with Gasteiger partial charge in [0.05, 0.1) is 5.75 Å². The maximum atomic E-state index is 12.3. The molecule has 0 radical (unpaired) electrons. The van der Waals surface area contributed by atoms with Gasteiger partial charge in [-0.2, -0.15) is 0 Å². The number of hydrogen-bond acceptors (Lipinski definition) is 4. The molecule has 0 aromatic heterocycles. The Hall–Kier alpha value is -0.660. The van der Waals surface area contributed by atoms with E-state index in [1.54, 1.807) is 6.92 Å². The molecule has 0 atom stereocenters. The van der Waals surface area contributed by atoms with Gasteiger partial charge in [-0.05, 0) is 32.6 Å². The number of amides is 1. The van der Waals surface area contributed by atoms with Crippen LogP contribution in [0.2, 0.25) is 0 Å². The highest BCUT2D eigenvalue weighted by atomic mass is 32.2. The average Bonchev–Trinajstić information content (AvgIpc) is 3.28. The van der Waals surface area contributed by atoms with Crippen LogP contribution >= 0.6 is 0 Å². The van der Waals surface area contributed by atoms with E-state index in [9.17, 15) is 13.2 Å². The molecule has 0 aromatic rings. The van der Waals surface area contributed by atoms with Crippen molar-refractivity contribution in [3.8, 4) is 0 Å². The molecule has 1 heterocycles. The Bertz CT molecular complexity index is 428. The third-order valence-corrected chi connectivity index (χ3v) is 5.30. The van der Waals surface area contributed by atoms with Gasteiger partial charge in [0.25, 0.3) is 0 Å². The predicted octanol–water partition coefficient (Wildman–Crippen LogP) is 0.343. The molecule has 1 amide bonds. The van der Waals surface area contributed by atoms with Crippen LogP contribution in [0.5, 0.6) is 0 Å². The smallest absolute Gasteiger partial charge is 0.225 e. The number of sulfonamides is 1. The quantitative estimate of drug-likeness (QED) is 0.736. The van der Waals surface area contributed by atoms with Crippen LogP contribution < -0.4 is 4.72 Å². The molecule has 1 saturated carbocycles. The highest BCUT2D eigenvalue weighted by Gasteiger charge is 2.36. The molecule has 1 saturated heterocycles. The summed E-state index contributed by atoms with van der Waals surface area (Å²) in [6, 6.07) is 0.197. The fourth-order valence-electron chi connectivity index (χ4n) is 2.46. The fourth-order valence-corrected chi connectivity index (χ4v) is 3.06. The molecular weight excluding hydrogens is 280 g/mol. The number of carbonyl (C=O) groups excluding carboxylic acids is 1. The number of nitrogens with zero attached hydrogens (tertiary/aromatic N) is 1. The van der Waals surface area contributed by atoms with Gasteiger partial charge in [-0.25, -0.2) is 13.1 Å². The molecule has 0 aromatic carbocycles. The molecule has 0 bridgehead atoms. The van der Waals surface area contributed by atoms with Crippen molar-refractivity contribution in [2.24, 2.45) is 5.92 Å². The van der Waals surface area contributed by atoms with Crippen molar-refractivity contribution in [2.45, 2.75) is 38.6 Å². The maximum Gasteiger partial charge on any atom is 0.225 e. The van der Waals surface area contributed by atoms with Gasteiger partial charge < -0.3 is 9.64 Å². The summed E-state index contributed by atoms with van der Waals surface area (Å²) in [6.07, 6.45) is 3.64. The van der Waals surface area contributed by atoms with Crippen molar-refractivity contribution in [2.75, 3.05) is 32.1 Å². The third-order valence-electron chi connectivity index (χ3n) is 3.90. The summed E-state index contributed by atoms with van der Waals surface area (Å²) in [5, 5.41) is 0. The second-order valence-corrected chi connectivity index (χ2v) is 7.54. The Morgan fingerprint density at radius 1 is 1.25 bits per heavy atom. The van der Waals surface area contributed by atoms with Crippen LogP contribution in [-0.2, 0) is 19.6 Å². The van der Waals surface area contributed by atoms with Crippen LogP contribution in [0, 0.1) is 5.92 Å². The SMILES string of the molecule is CCS(=O)(=O)NCCN(C(=O)C1CC1)C1CCOCC1. The minimum atomic E-state index is -3.19. The molecule has 2 rings (SSSR count). The molecule has 1 aliphatic heterocycles. The Kier molecular flexibility index (Phi) is 5.40. The summed E-state index contributed by atoms with van der Waals surface area (Å²) in [5.41, 5.74) is 0. The van der Waals surface area contributed by atoms with E-state index in [4.69, 9.17) is 4.74 Å². The Morgan fingerprint density at radius 2 is 1.90 bits per heavy atom. The molecule has 2 fully saturated rings. The zero-order valence-corrected chi connectivity index (χ0v) is 12.8. The largest absolute Gasteiger partial charge is 0.381 e. The van der Waals surface area contributed by atoms with Gasteiger partial charge in [0, 0.05) is 38.3 Å². The van der Waals surface area contributed by atoms with E-state index in [-0.39, 0.29) is 23.6 Å². The van der Waals surface area contributed by atoms with Crippen LogP contribution in [0.25, 0.3) is 0 Å². The van der Waals surface area contributed by atoms with Crippen molar-refractivity contribution in [3.05, 3.63) is 0 Å². The summed E-state index contributed by atoms with van der Waals surface area (Å²) in [6.45, 7) is 3.72. The van der Waals surface area contributed by atoms with E-state index < -0.39 is 10.0 Å². The molecular formula is C13H24N2O4S. The zero-order valence-electron chi connectivity index (χ0n) is 12.0. The number of hydrogen-bond donors (Lipinski definition) is 1. The third kappa shape index (κ3) is 4.43. The number of nitrogens with one attached hydrogen (secondary N) is 1. The standard InChI is InChI=1S/C13H24N2O4S/c1-2-20(17,18)14-7-8-15(13(16)11-3-4-11)12-5-9-19-10-6-12/h11-12,14H,2-10H2,1H3. The van der Waals surface area contributed by atoms with E-state index in [0.717, 1.165) is 25.7 Å². The molecule has 1 aliphatic carbocycles. The van der Waals surface area contributed by atoms with E-state index in [1.165, 1.54) is 0 Å². The Morgan fingerprint density at radius 3 is 2.45 bits per heavy atom. The van der Waals surface area contributed by atoms with Gasteiger partial charge in [-0.15, -0.1) is 0 Å². The lowest BCUT2D eigenvalue weighted by Gasteiger charge is -2.34. The van der Waals surface area contributed by atoms with Crippen molar-refractivity contribution < 1.29 is 17.9 Å². The predicted molar refractivity (Wildman–Crippen MR) is 75.7 cm³/mol. The van der Waals surface area contributed by atoms with Crippen LogP contribution in [0.15, 0.2) is 0 Å². The average molecular weight is 304 g/mol. The van der Waals surface area contributed by atoms with Gasteiger partial charge in [0.1, 0.15) is 0 Å². The first-order valence-corrected chi connectivity index (χ1v) is 9.04. The van der Waals surface area contributed by atoms with Crippen molar-refractivity contribution >= 4 is 15.9 Å². The summed E-state index contributed by atoms with van der Waals surface area (Å²) in [5.74, 6) is 0.425. The minimum absolute atomic E-state index is 0.0703.